The Labute approximate surface area is 122 Å². The number of fused-ring (bicyclic) bond motifs is 1. The molecule has 4 nitrogen and oxygen atoms in total. The molecule has 1 aliphatic rings. The Kier molecular flexibility index (Phi) is 4.06. The first-order valence-electron chi connectivity index (χ1n) is 6.65. The van der Waals surface area contributed by atoms with Crippen LogP contribution in [0, 0.1) is 0 Å². The molecule has 1 amide bonds. The van der Waals surface area contributed by atoms with Crippen molar-refractivity contribution in [1.82, 2.24) is 10.1 Å². The van der Waals surface area contributed by atoms with E-state index in [2.05, 4.69) is 17.3 Å². The van der Waals surface area contributed by atoms with Crippen molar-refractivity contribution < 1.29 is 9.32 Å². The molecule has 0 bridgehead atoms. The molecule has 3 rings (SSSR count). The van der Waals surface area contributed by atoms with E-state index in [-0.39, 0.29) is 5.91 Å². The van der Waals surface area contributed by atoms with Gasteiger partial charge in [-0.1, -0.05) is 35.5 Å². The highest BCUT2D eigenvalue weighted by Crippen LogP contribution is 2.19. The van der Waals surface area contributed by atoms with Crippen LogP contribution in [0.5, 0.6) is 0 Å². The highest BCUT2D eigenvalue weighted by molar-refractivity contribution is 7.99. The van der Waals surface area contributed by atoms with E-state index >= 15 is 0 Å². The Bertz CT molecular complexity index is 583. The summed E-state index contributed by atoms with van der Waals surface area (Å²) in [5.74, 6) is 2.51. The maximum Gasteiger partial charge on any atom is 0.232 e. The number of aromatic nitrogens is 1. The largest absolute Gasteiger partial charge is 0.361 e. The topological polar surface area (TPSA) is 46.3 Å². The van der Waals surface area contributed by atoms with E-state index in [0.29, 0.717) is 12.3 Å². The first kappa shape index (κ1) is 13.2. The summed E-state index contributed by atoms with van der Waals surface area (Å²) < 4.78 is 5.13. The van der Waals surface area contributed by atoms with Crippen LogP contribution in [-0.4, -0.2) is 28.3 Å². The number of thioether (sulfide) groups is 1. The summed E-state index contributed by atoms with van der Waals surface area (Å²) in [4.78, 5) is 14.1. The molecule has 5 heteroatoms. The van der Waals surface area contributed by atoms with Crippen LogP contribution >= 0.6 is 11.8 Å². The lowest BCUT2D eigenvalue weighted by molar-refractivity contribution is -0.129. The number of carbonyl (C=O) groups excluding carboxylic acids is 1. The van der Waals surface area contributed by atoms with Gasteiger partial charge < -0.3 is 9.42 Å². The summed E-state index contributed by atoms with van der Waals surface area (Å²) in [7, 11) is 0. The van der Waals surface area contributed by atoms with Crippen LogP contribution in [0.1, 0.15) is 16.9 Å². The summed E-state index contributed by atoms with van der Waals surface area (Å²) in [6, 6.07) is 10.2. The molecular formula is C15H16N2O2S. The standard InChI is InChI=1S/C15H16N2O2S/c18-15(11-20-10-12-4-2-1-3-5-12)17-7-6-14-13(9-17)8-16-19-14/h1-5,8H,6-7,9-11H2. The fourth-order valence-corrected chi connectivity index (χ4v) is 3.16. The SMILES string of the molecule is O=C(CSCc1ccccc1)N1CCc2oncc2C1. The third-order valence-electron chi connectivity index (χ3n) is 3.39. The van der Waals surface area contributed by atoms with Crippen molar-refractivity contribution in [1.29, 1.82) is 0 Å². The van der Waals surface area contributed by atoms with Crippen LogP contribution in [0.15, 0.2) is 41.1 Å². The van der Waals surface area contributed by atoms with Crippen molar-refractivity contribution in [2.24, 2.45) is 0 Å². The number of carbonyl (C=O) groups is 1. The second-order valence-electron chi connectivity index (χ2n) is 4.82. The number of amides is 1. The summed E-state index contributed by atoms with van der Waals surface area (Å²) >= 11 is 1.66. The Balaban J connectivity index is 1.48. The van der Waals surface area contributed by atoms with E-state index in [1.165, 1.54) is 5.56 Å². The fraction of sp³-hybridized carbons (Fsp3) is 0.333. The summed E-state index contributed by atoms with van der Waals surface area (Å²) in [5.41, 5.74) is 2.29. The summed E-state index contributed by atoms with van der Waals surface area (Å²) in [5, 5.41) is 3.78. The van der Waals surface area contributed by atoms with Crippen LogP contribution in [0.3, 0.4) is 0 Å². The minimum Gasteiger partial charge on any atom is -0.361 e. The number of hydrogen-bond acceptors (Lipinski definition) is 4. The van der Waals surface area contributed by atoms with Crippen LogP contribution in [0.4, 0.5) is 0 Å². The number of hydrogen-bond donors (Lipinski definition) is 0. The van der Waals surface area contributed by atoms with Gasteiger partial charge in [-0.15, -0.1) is 11.8 Å². The molecule has 1 aromatic carbocycles. The van der Waals surface area contributed by atoms with Crippen LogP contribution in [0.25, 0.3) is 0 Å². The van der Waals surface area contributed by atoms with Gasteiger partial charge in [0.2, 0.25) is 5.91 Å². The minimum absolute atomic E-state index is 0.192. The normalized spacial score (nSPS) is 14.1. The number of rotatable bonds is 4. The van der Waals surface area contributed by atoms with Gasteiger partial charge in [-0.05, 0) is 5.56 Å². The second kappa shape index (κ2) is 6.13. The van der Waals surface area contributed by atoms with Gasteiger partial charge in [-0.2, -0.15) is 0 Å². The molecule has 2 heterocycles. The molecule has 1 aromatic heterocycles. The summed E-state index contributed by atoms with van der Waals surface area (Å²) in [6.45, 7) is 1.36. The van der Waals surface area contributed by atoms with Crippen molar-refractivity contribution in [3.8, 4) is 0 Å². The molecule has 0 radical (unpaired) electrons. The van der Waals surface area contributed by atoms with Gasteiger partial charge in [0.05, 0.1) is 18.5 Å². The van der Waals surface area contributed by atoms with Crippen molar-refractivity contribution in [3.05, 3.63) is 53.4 Å². The Hall–Kier alpha value is -1.75. The van der Waals surface area contributed by atoms with Gasteiger partial charge in [-0.25, -0.2) is 0 Å². The van der Waals surface area contributed by atoms with Gasteiger partial charge in [-0.3, -0.25) is 4.79 Å². The highest BCUT2D eigenvalue weighted by atomic mass is 32.2. The zero-order valence-corrected chi connectivity index (χ0v) is 11.9. The molecule has 0 saturated heterocycles. The second-order valence-corrected chi connectivity index (χ2v) is 5.80. The van der Waals surface area contributed by atoms with E-state index in [9.17, 15) is 4.79 Å². The first-order chi connectivity index (χ1) is 9.83. The third kappa shape index (κ3) is 3.04. The predicted molar refractivity (Wildman–Crippen MR) is 78.2 cm³/mol. The van der Waals surface area contributed by atoms with E-state index in [1.54, 1.807) is 18.0 Å². The van der Waals surface area contributed by atoms with E-state index < -0.39 is 0 Å². The lowest BCUT2D eigenvalue weighted by atomic mass is 10.1. The molecule has 0 aliphatic carbocycles. The maximum absolute atomic E-state index is 12.2. The van der Waals surface area contributed by atoms with Gasteiger partial charge in [0.15, 0.2) is 0 Å². The molecule has 20 heavy (non-hydrogen) atoms. The molecule has 0 spiro atoms. The van der Waals surface area contributed by atoms with E-state index in [4.69, 9.17) is 4.52 Å². The maximum atomic E-state index is 12.2. The Morgan fingerprint density at radius 2 is 2.20 bits per heavy atom. The first-order valence-corrected chi connectivity index (χ1v) is 7.80. The van der Waals surface area contributed by atoms with Crippen LogP contribution < -0.4 is 0 Å². The Morgan fingerprint density at radius 3 is 3.05 bits per heavy atom. The zero-order valence-electron chi connectivity index (χ0n) is 11.1. The van der Waals surface area contributed by atoms with Crippen molar-refractivity contribution in [3.63, 3.8) is 0 Å². The lowest BCUT2D eigenvalue weighted by Crippen LogP contribution is -2.36. The minimum atomic E-state index is 0.192. The van der Waals surface area contributed by atoms with E-state index in [1.807, 2.05) is 23.1 Å². The molecule has 0 N–H and O–H groups in total. The monoisotopic (exact) mass is 288 g/mol. The van der Waals surface area contributed by atoms with Crippen LogP contribution in [0.2, 0.25) is 0 Å². The smallest absolute Gasteiger partial charge is 0.232 e. The van der Waals surface area contributed by atoms with Crippen molar-refractivity contribution in [2.45, 2.75) is 18.7 Å². The van der Waals surface area contributed by atoms with Crippen molar-refractivity contribution >= 4 is 17.7 Å². The zero-order chi connectivity index (χ0) is 13.8. The van der Waals surface area contributed by atoms with Gasteiger partial charge in [0, 0.05) is 24.3 Å². The Morgan fingerprint density at radius 1 is 1.35 bits per heavy atom. The number of nitrogens with zero attached hydrogens (tertiary/aromatic N) is 2. The molecule has 0 unspecified atom stereocenters. The molecule has 2 aromatic rings. The average molecular weight is 288 g/mol. The molecule has 0 saturated carbocycles. The van der Waals surface area contributed by atoms with Crippen molar-refractivity contribution in [2.75, 3.05) is 12.3 Å². The molecule has 1 aliphatic heterocycles. The van der Waals surface area contributed by atoms with Gasteiger partial charge >= 0.3 is 0 Å². The number of benzene rings is 1. The van der Waals surface area contributed by atoms with Gasteiger partial charge in [0.25, 0.3) is 0 Å². The summed E-state index contributed by atoms with van der Waals surface area (Å²) in [6.07, 6.45) is 2.48. The molecular weight excluding hydrogens is 272 g/mol. The van der Waals surface area contributed by atoms with E-state index in [0.717, 1.165) is 30.0 Å². The van der Waals surface area contributed by atoms with Crippen LogP contribution in [-0.2, 0) is 23.5 Å². The lowest BCUT2D eigenvalue weighted by Gasteiger charge is -2.25. The highest BCUT2D eigenvalue weighted by Gasteiger charge is 2.23. The molecule has 0 fully saturated rings. The predicted octanol–water partition coefficient (Wildman–Crippen LogP) is 2.49. The third-order valence-corrected chi connectivity index (χ3v) is 4.38. The average Bonchev–Trinajstić information content (AvgIpc) is 2.95. The fourth-order valence-electron chi connectivity index (χ4n) is 2.28. The molecule has 104 valence electrons. The van der Waals surface area contributed by atoms with Gasteiger partial charge in [0.1, 0.15) is 5.76 Å². The molecule has 0 atom stereocenters. The quantitative estimate of drug-likeness (QED) is 0.867.